The normalized spacial score (nSPS) is 10.2. The molecule has 0 radical (unpaired) electrons. The highest BCUT2D eigenvalue weighted by molar-refractivity contribution is 5.91. The number of amides is 2. The van der Waals surface area contributed by atoms with Crippen molar-refractivity contribution in [1.29, 1.82) is 0 Å². The molecule has 1 rings (SSSR count). The Kier molecular flexibility index (Phi) is 6.05. The van der Waals surface area contributed by atoms with E-state index in [0.29, 0.717) is 18.0 Å². The van der Waals surface area contributed by atoms with Gasteiger partial charge in [-0.05, 0) is 31.9 Å². The number of benzene rings is 1. The lowest BCUT2D eigenvalue weighted by atomic mass is 10.2. The summed E-state index contributed by atoms with van der Waals surface area (Å²) in [5.74, 6) is 0.694. The Morgan fingerprint density at radius 1 is 1.22 bits per heavy atom. The van der Waals surface area contributed by atoms with Gasteiger partial charge in [-0.2, -0.15) is 0 Å². The maximum Gasteiger partial charge on any atom is 0.319 e. The van der Waals surface area contributed by atoms with Crippen LogP contribution in [0, 0.1) is 0 Å². The van der Waals surface area contributed by atoms with E-state index in [-0.39, 0.29) is 12.1 Å². The van der Waals surface area contributed by atoms with Crippen LogP contribution in [0.1, 0.15) is 33.6 Å². The van der Waals surface area contributed by atoms with Crippen molar-refractivity contribution in [3.05, 3.63) is 24.3 Å². The zero-order valence-corrected chi connectivity index (χ0v) is 11.3. The SMILES string of the molecule is CCOc1ccccc1NC(=O)NC(CC)CC. The molecule has 0 unspecified atom stereocenters. The minimum atomic E-state index is -0.184. The Labute approximate surface area is 109 Å². The molecule has 0 bridgehead atoms. The second-order valence-corrected chi connectivity index (χ2v) is 4.04. The first-order valence-electron chi connectivity index (χ1n) is 6.50. The first-order chi connectivity index (χ1) is 8.71. The van der Waals surface area contributed by atoms with Gasteiger partial charge in [0.1, 0.15) is 5.75 Å². The molecule has 0 saturated heterocycles. The molecule has 0 aliphatic rings. The molecule has 0 aliphatic carbocycles. The van der Waals surface area contributed by atoms with Gasteiger partial charge in [0.25, 0.3) is 0 Å². The third-order valence-electron chi connectivity index (χ3n) is 2.76. The van der Waals surface area contributed by atoms with Crippen LogP contribution in [-0.4, -0.2) is 18.7 Å². The standard InChI is InChI=1S/C14H22N2O2/c1-4-11(5-2)15-14(17)16-12-9-7-8-10-13(12)18-6-3/h7-11H,4-6H2,1-3H3,(H2,15,16,17). The maximum absolute atomic E-state index is 11.8. The lowest BCUT2D eigenvalue weighted by Gasteiger charge is -2.16. The molecule has 2 N–H and O–H groups in total. The molecule has 0 atom stereocenters. The van der Waals surface area contributed by atoms with Crippen LogP contribution >= 0.6 is 0 Å². The summed E-state index contributed by atoms with van der Waals surface area (Å²) in [5, 5.41) is 5.75. The summed E-state index contributed by atoms with van der Waals surface area (Å²) in [6.07, 6.45) is 1.86. The quantitative estimate of drug-likeness (QED) is 0.813. The molecule has 0 saturated carbocycles. The number of anilines is 1. The lowest BCUT2D eigenvalue weighted by Crippen LogP contribution is -2.37. The van der Waals surface area contributed by atoms with Crippen LogP contribution in [-0.2, 0) is 0 Å². The van der Waals surface area contributed by atoms with E-state index in [1.54, 1.807) is 0 Å². The molecule has 0 fully saturated rings. The topological polar surface area (TPSA) is 50.4 Å². The van der Waals surface area contributed by atoms with E-state index >= 15 is 0 Å². The molecule has 2 amide bonds. The van der Waals surface area contributed by atoms with E-state index in [1.165, 1.54) is 0 Å². The second kappa shape index (κ2) is 7.58. The third-order valence-corrected chi connectivity index (χ3v) is 2.76. The fourth-order valence-electron chi connectivity index (χ4n) is 1.69. The van der Waals surface area contributed by atoms with Crippen molar-refractivity contribution in [2.24, 2.45) is 0 Å². The highest BCUT2D eigenvalue weighted by Gasteiger charge is 2.10. The van der Waals surface area contributed by atoms with Crippen LogP contribution in [0.3, 0.4) is 0 Å². The Bertz CT molecular complexity index is 376. The van der Waals surface area contributed by atoms with Crippen molar-refractivity contribution in [3.8, 4) is 5.75 Å². The molecule has 0 aromatic heterocycles. The number of carbonyl (C=O) groups is 1. The number of carbonyl (C=O) groups excluding carboxylic acids is 1. The number of rotatable bonds is 6. The Morgan fingerprint density at radius 3 is 2.50 bits per heavy atom. The molecular weight excluding hydrogens is 228 g/mol. The predicted molar refractivity (Wildman–Crippen MR) is 74.1 cm³/mol. The minimum Gasteiger partial charge on any atom is -0.492 e. The van der Waals surface area contributed by atoms with Crippen LogP contribution in [0.5, 0.6) is 5.75 Å². The first-order valence-corrected chi connectivity index (χ1v) is 6.50. The van der Waals surface area contributed by atoms with Gasteiger partial charge in [-0.3, -0.25) is 0 Å². The van der Waals surface area contributed by atoms with Gasteiger partial charge in [0.15, 0.2) is 0 Å². The zero-order valence-electron chi connectivity index (χ0n) is 11.3. The highest BCUT2D eigenvalue weighted by Crippen LogP contribution is 2.23. The van der Waals surface area contributed by atoms with Crippen LogP contribution in [0.2, 0.25) is 0 Å². The van der Waals surface area contributed by atoms with E-state index in [0.717, 1.165) is 12.8 Å². The van der Waals surface area contributed by atoms with E-state index in [1.807, 2.05) is 31.2 Å². The second-order valence-electron chi connectivity index (χ2n) is 4.04. The summed E-state index contributed by atoms with van der Waals surface area (Å²) in [6.45, 7) is 6.61. The van der Waals surface area contributed by atoms with Gasteiger partial charge in [0.2, 0.25) is 0 Å². The fourth-order valence-corrected chi connectivity index (χ4v) is 1.69. The number of urea groups is 1. The van der Waals surface area contributed by atoms with E-state index in [4.69, 9.17) is 4.74 Å². The van der Waals surface area contributed by atoms with Crippen molar-refractivity contribution < 1.29 is 9.53 Å². The molecule has 1 aromatic carbocycles. The molecule has 4 nitrogen and oxygen atoms in total. The molecule has 100 valence electrons. The average molecular weight is 250 g/mol. The largest absolute Gasteiger partial charge is 0.492 e. The number of ether oxygens (including phenoxy) is 1. The summed E-state index contributed by atoms with van der Waals surface area (Å²) in [6, 6.07) is 7.46. The van der Waals surface area contributed by atoms with Gasteiger partial charge in [0, 0.05) is 6.04 Å². The maximum atomic E-state index is 11.8. The van der Waals surface area contributed by atoms with Gasteiger partial charge in [-0.1, -0.05) is 26.0 Å². The summed E-state index contributed by atoms with van der Waals surface area (Å²) >= 11 is 0. The van der Waals surface area contributed by atoms with Crippen LogP contribution in [0.15, 0.2) is 24.3 Å². The van der Waals surface area contributed by atoms with Gasteiger partial charge >= 0.3 is 6.03 Å². The highest BCUT2D eigenvalue weighted by atomic mass is 16.5. The van der Waals surface area contributed by atoms with Gasteiger partial charge in [0.05, 0.1) is 12.3 Å². The fraction of sp³-hybridized carbons (Fsp3) is 0.500. The predicted octanol–water partition coefficient (Wildman–Crippen LogP) is 3.40. The van der Waals surface area contributed by atoms with E-state index < -0.39 is 0 Å². The molecule has 0 spiro atoms. The third kappa shape index (κ3) is 4.28. The Morgan fingerprint density at radius 2 is 1.89 bits per heavy atom. The molecule has 0 aliphatic heterocycles. The average Bonchev–Trinajstić information content (AvgIpc) is 2.38. The van der Waals surface area contributed by atoms with Gasteiger partial charge in [-0.25, -0.2) is 4.79 Å². The Hall–Kier alpha value is -1.71. The van der Waals surface area contributed by atoms with Crippen molar-refractivity contribution in [3.63, 3.8) is 0 Å². The molecule has 1 aromatic rings. The molecular formula is C14H22N2O2. The summed E-state index contributed by atoms with van der Waals surface area (Å²) in [4.78, 5) is 11.8. The zero-order chi connectivity index (χ0) is 13.4. The Balaban J connectivity index is 2.63. The number of hydrogen-bond donors (Lipinski definition) is 2. The summed E-state index contributed by atoms with van der Waals surface area (Å²) < 4.78 is 5.45. The van der Waals surface area contributed by atoms with Gasteiger partial charge in [-0.15, -0.1) is 0 Å². The molecule has 0 heterocycles. The van der Waals surface area contributed by atoms with Crippen molar-refractivity contribution >= 4 is 11.7 Å². The monoisotopic (exact) mass is 250 g/mol. The first kappa shape index (κ1) is 14.4. The van der Waals surface area contributed by atoms with Crippen molar-refractivity contribution in [1.82, 2.24) is 5.32 Å². The summed E-state index contributed by atoms with van der Waals surface area (Å²) in [5.41, 5.74) is 0.697. The van der Waals surface area contributed by atoms with Crippen molar-refractivity contribution in [2.75, 3.05) is 11.9 Å². The van der Waals surface area contributed by atoms with Crippen LogP contribution in [0.25, 0.3) is 0 Å². The van der Waals surface area contributed by atoms with E-state index in [9.17, 15) is 4.79 Å². The summed E-state index contributed by atoms with van der Waals surface area (Å²) in [7, 11) is 0. The van der Waals surface area contributed by atoms with Gasteiger partial charge < -0.3 is 15.4 Å². The minimum absolute atomic E-state index is 0.184. The number of nitrogens with one attached hydrogen (secondary N) is 2. The van der Waals surface area contributed by atoms with Crippen LogP contribution in [0.4, 0.5) is 10.5 Å². The number of hydrogen-bond acceptors (Lipinski definition) is 2. The number of para-hydroxylation sites is 2. The van der Waals surface area contributed by atoms with Crippen molar-refractivity contribution in [2.45, 2.75) is 39.7 Å². The smallest absolute Gasteiger partial charge is 0.319 e. The van der Waals surface area contributed by atoms with E-state index in [2.05, 4.69) is 24.5 Å². The van der Waals surface area contributed by atoms with Crippen LogP contribution < -0.4 is 15.4 Å². The lowest BCUT2D eigenvalue weighted by molar-refractivity contribution is 0.247. The molecule has 18 heavy (non-hydrogen) atoms. The molecule has 4 heteroatoms.